The van der Waals surface area contributed by atoms with Crippen LogP contribution in [0.5, 0.6) is 0 Å². The molecule has 0 aliphatic carbocycles. The number of benzene rings is 1. The van der Waals surface area contributed by atoms with Crippen molar-refractivity contribution in [2.45, 2.75) is 11.4 Å². The maximum absolute atomic E-state index is 12.2. The van der Waals surface area contributed by atoms with Crippen molar-refractivity contribution in [3.63, 3.8) is 0 Å². The SMILES string of the molecule is N#Cc1ccc(/C=N/Nc2ccc(S(=O)(=O)NCc3ccco3)cn2)cc1. The minimum Gasteiger partial charge on any atom is -0.468 e. The van der Waals surface area contributed by atoms with E-state index in [1.165, 1.54) is 24.6 Å². The molecule has 1 aromatic carbocycles. The van der Waals surface area contributed by atoms with E-state index in [1.807, 2.05) is 6.07 Å². The Balaban J connectivity index is 1.59. The predicted octanol–water partition coefficient (Wildman–Crippen LogP) is 2.47. The summed E-state index contributed by atoms with van der Waals surface area (Å²) in [4.78, 5) is 4.08. The first-order chi connectivity index (χ1) is 13.1. The van der Waals surface area contributed by atoms with E-state index in [4.69, 9.17) is 9.68 Å². The summed E-state index contributed by atoms with van der Waals surface area (Å²) in [5, 5.41) is 12.8. The molecule has 0 aliphatic heterocycles. The Kier molecular flexibility index (Phi) is 5.61. The summed E-state index contributed by atoms with van der Waals surface area (Å²) >= 11 is 0. The maximum atomic E-state index is 12.2. The number of aromatic nitrogens is 1. The van der Waals surface area contributed by atoms with Crippen molar-refractivity contribution >= 4 is 22.1 Å². The van der Waals surface area contributed by atoms with Gasteiger partial charge in [-0.2, -0.15) is 10.4 Å². The minimum absolute atomic E-state index is 0.0377. The highest BCUT2D eigenvalue weighted by atomic mass is 32.2. The highest BCUT2D eigenvalue weighted by Crippen LogP contribution is 2.12. The molecule has 2 N–H and O–H groups in total. The van der Waals surface area contributed by atoms with Crippen LogP contribution in [0.3, 0.4) is 0 Å². The highest BCUT2D eigenvalue weighted by Gasteiger charge is 2.14. The molecule has 0 spiro atoms. The molecule has 2 heterocycles. The normalized spacial score (nSPS) is 11.4. The fourth-order valence-corrected chi connectivity index (χ4v) is 3.02. The summed E-state index contributed by atoms with van der Waals surface area (Å²) in [6.07, 6.45) is 4.28. The smallest absolute Gasteiger partial charge is 0.242 e. The van der Waals surface area contributed by atoms with Crippen LogP contribution in [-0.2, 0) is 16.6 Å². The first-order valence-electron chi connectivity index (χ1n) is 7.84. The minimum atomic E-state index is -3.69. The number of furan rings is 1. The molecule has 0 saturated carbocycles. The number of hydrazone groups is 1. The molecular formula is C18H15N5O3S. The molecule has 0 saturated heterocycles. The van der Waals surface area contributed by atoms with Crippen LogP contribution in [0.2, 0.25) is 0 Å². The number of nitriles is 1. The van der Waals surface area contributed by atoms with Crippen molar-refractivity contribution in [1.29, 1.82) is 5.26 Å². The first kappa shape index (κ1) is 18.3. The summed E-state index contributed by atoms with van der Waals surface area (Å²) in [5.74, 6) is 0.909. The second kappa shape index (κ2) is 8.27. The molecule has 0 radical (unpaired) electrons. The van der Waals surface area contributed by atoms with Crippen LogP contribution in [0.1, 0.15) is 16.9 Å². The number of anilines is 1. The number of nitrogens with zero attached hydrogens (tertiary/aromatic N) is 3. The molecule has 9 heteroatoms. The van der Waals surface area contributed by atoms with Crippen molar-refractivity contribution in [3.05, 3.63) is 77.9 Å². The van der Waals surface area contributed by atoms with Crippen LogP contribution >= 0.6 is 0 Å². The van der Waals surface area contributed by atoms with Gasteiger partial charge in [-0.25, -0.2) is 18.1 Å². The standard InChI is InChI=1S/C18H15N5O3S/c19-10-14-3-5-15(6-4-14)11-21-23-18-8-7-17(13-20-18)27(24,25)22-12-16-2-1-9-26-16/h1-9,11,13,22H,12H2,(H,20,23)/b21-11+. The van der Waals surface area contributed by atoms with Crippen molar-refractivity contribution in [1.82, 2.24) is 9.71 Å². The van der Waals surface area contributed by atoms with E-state index in [-0.39, 0.29) is 11.4 Å². The van der Waals surface area contributed by atoms with Crippen LogP contribution in [0, 0.1) is 11.3 Å². The zero-order chi connectivity index (χ0) is 19.1. The van der Waals surface area contributed by atoms with Crippen LogP contribution in [0.15, 0.2) is 75.4 Å². The van der Waals surface area contributed by atoms with E-state index in [0.717, 1.165) is 5.56 Å². The van der Waals surface area contributed by atoms with Crippen molar-refractivity contribution in [2.24, 2.45) is 5.10 Å². The van der Waals surface area contributed by atoms with E-state index in [1.54, 1.807) is 42.6 Å². The second-order valence-electron chi connectivity index (χ2n) is 5.39. The zero-order valence-corrected chi connectivity index (χ0v) is 14.8. The number of hydrogen-bond acceptors (Lipinski definition) is 7. The van der Waals surface area contributed by atoms with E-state index in [0.29, 0.717) is 17.1 Å². The summed E-state index contributed by atoms with van der Waals surface area (Å²) < 4.78 is 32.0. The third-order valence-corrected chi connectivity index (χ3v) is 4.88. The molecule has 0 unspecified atom stereocenters. The zero-order valence-electron chi connectivity index (χ0n) is 14.0. The molecule has 8 nitrogen and oxygen atoms in total. The van der Waals surface area contributed by atoms with Gasteiger partial charge in [-0.15, -0.1) is 0 Å². The molecule has 0 atom stereocenters. The Labute approximate surface area is 156 Å². The molecule has 2 aromatic heterocycles. The van der Waals surface area contributed by atoms with Crippen LogP contribution in [0.4, 0.5) is 5.82 Å². The van der Waals surface area contributed by atoms with Gasteiger partial charge in [-0.3, -0.25) is 5.43 Å². The maximum Gasteiger partial charge on any atom is 0.242 e. The van der Waals surface area contributed by atoms with Crippen molar-refractivity contribution in [2.75, 3.05) is 5.43 Å². The van der Waals surface area contributed by atoms with Gasteiger partial charge in [-0.05, 0) is 42.0 Å². The molecule has 3 rings (SSSR count). The van der Waals surface area contributed by atoms with Gasteiger partial charge in [0, 0.05) is 6.20 Å². The topological polar surface area (TPSA) is 120 Å². The molecule has 0 fully saturated rings. The van der Waals surface area contributed by atoms with Gasteiger partial charge in [0.25, 0.3) is 0 Å². The van der Waals surface area contributed by atoms with E-state index < -0.39 is 10.0 Å². The largest absolute Gasteiger partial charge is 0.468 e. The lowest BCUT2D eigenvalue weighted by Gasteiger charge is -2.06. The lowest BCUT2D eigenvalue weighted by Crippen LogP contribution is -2.23. The lowest BCUT2D eigenvalue weighted by molar-refractivity contribution is 0.498. The summed E-state index contributed by atoms with van der Waals surface area (Å²) in [6.45, 7) is 0.0597. The van der Waals surface area contributed by atoms with E-state index in [2.05, 4.69) is 20.2 Å². The summed E-state index contributed by atoms with van der Waals surface area (Å²) in [6, 6.07) is 15.2. The molecule has 0 aliphatic rings. The van der Waals surface area contributed by atoms with Gasteiger partial charge in [-0.1, -0.05) is 12.1 Å². The number of hydrogen-bond donors (Lipinski definition) is 2. The molecule has 0 amide bonds. The third kappa shape index (κ3) is 5.01. The van der Waals surface area contributed by atoms with Gasteiger partial charge < -0.3 is 4.42 Å². The third-order valence-electron chi connectivity index (χ3n) is 3.50. The monoisotopic (exact) mass is 381 g/mol. The van der Waals surface area contributed by atoms with Crippen LogP contribution in [-0.4, -0.2) is 19.6 Å². The quantitative estimate of drug-likeness (QED) is 0.479. The second-order valence-corrected chi connectivity index (χ2v) is 7.15. The van der Waals surface area contributed by atoms with Crippen molar-refractivity contribution < 1.29 is 12.8 Å². The van der Waals surface area contributed by atoms with Crippen LogP contribution < -0.4 is 10.1 Å². The fourth-order valence-electron chi connectivity index (χ4n) is 2.08. The first-order valence-corrected chi connectivity index (χ1v) is 9.32. The van der Waals surface area contributed by atoms with Crippen LogP contribution in [0.25, 0.3) is 0 Å². The predicted molar refractivity (Wildman–Crippen MR) is 99.3 cm³/mol. The summed E-state index contributed by atoms with van der Waals surface area (Å²) in [7, 11) is -3.69. The van der Waals surface area contributed by atoms with Gasteiger partial charge in [0.2, 0.25) is 10.0 Å². The number of pyridine rings is 1. The highest BCUT2D eigenvalue weighted by molar-refractivity contribution is 7.89. The van der Waals surface area contributed by atoms with Gasteiger partial charge in [0.1, 0.15) is 16.5 Å². The number of nitrogens with one attached hydrogen (secondary N) is 2. The molecule has 0 bridgehead atoms. The molecule has 3 aromatic rings. The Morgan fingerprint density at radius 1 is 1.19 bits per heavy atom. The average molecular weight is 381 g/mol. The Morgan fingerprint density at radius 2 is 2.00 bits per heavy atom. The average Bonchev–Trinajstić information content (AvgIpc) is 3.21. The Morgan fingerprint density at radius 3 is 2.63 bits per heavy atom. The Hall–Kier alpha value is -3.48. The molecular weight excluding hydrogens is 366 g/mol. The van der Waals surface area contributed by atoms with Gasteiger partial charge >= 0.3 is 0 Å². The number of rotatable bonds is 7. The molecule has 136 valence electrons. The van der Waals surface area contributed by atoms with Crippen molar-refractivity contribution in [3.8, 4) is 6.07 Å². The van der Waals surface area contributed by atoms with E-state index >= 15 is 0 Å². The van der Waals surface area contributed by atoms with Gasteiger partial charge in [0.15, 0.2) is 0 Å². The summed E-state index contributed by atoms with van der Waals surface area (Å²) in [5.41, 5.74) is 4.09. The number of sulfonamides is 1. The fraction of sp³-hybridized carbons (Fsp3) is 0.0556. The van der Waals surface area contributed by atoms with Gasteiger partial charge in [0.05, 0.1) is 30.7 Å². The van der Waals surface area contributed by atoms with E-state index in [9.17, 15) is 8.42 Å². The Bertz CT molecular complexity index is 1050. The molecule has 27 heavy (non-hydrogen) atoms. The lowest BCUT2D eigenvalue weighted by atomic mass is 10.2.